The van der Waals surface area contributed by atoms with Crippen molar-refractivity contribution in [3.63, 3.8) is 0 Å². The Morgan fingerprint density at radius 3 is 1.41 bits per heavy atom. The van der Waals surface area contributed by atoms with Crippen molar-refractivity contribution >= 4 is 11.4 Å². The Morgan fingerprint density at radius 2 is 1.02 bits per heavy atom. The first kappa shape index (κ1) is 29.8. The van der Waals surface area contributed by atoms with Crippen LogP contribution in [0.15, 0.2) is 166 Å². The molecule has 4 aliphatic rings. The van der Waals surface area contributed by atoms with E-state index in [0.717, 1.165) is 64.5 Å². The fraction of sp³-hybridized carbons (Fsp3) is 0.286. The van der Waals surface area contributed by atoms with Crippen molar-refractivity contribution in [3.8, 4) is 0 Å². The predicted octanol–water partition coefficient (Wildman–Crippen LogP) is 11.2. The van der Waals surface area contributed by atoms with Gasteiger partial charge >= 0.3 is 0 Å². The van der Waals surface area contributed by atoms with Crippen LogP contribution in [0.5, 0.6) is 0 Å². The average molecular weight is 579 g/mol. The van der Waals surface area contributed by atoms with Gasteiger partial charge in [-0.2, -0.15) is 0 Å². The zero-order chi connectivity index (χ0) is 30.1. The van der Waals surface area contributed by atoms with Crippen molar-refractivity contribution in [1.82, 2.24) is 4.90 Å². The Kier molecular flexibility index (Phi) is 9.77. The molecule has 0 spiro atoms. The third-order valence-corrected chi connectivity index (χ3v) is 9.20. The highest BCUT2D eigenvalue weighted by Gasteiger charge is 2.25. The lowest BCUT2D eigenvalue weighted by atomic mass is 9.78. The first-order chi connectivity index (χ1) is 21.8. The van der Waals surface area contributed by atoms with Gasteiger partial charge in [-0.25, -0.2) is 0 Å². The first-order valence-electron chi connectivity index (χ1n) is 16.7. The van der Waals surface area contributed by atoms with E-state index in [1.54, 1.807) is 0 Å². The van der Waals surface area contributed by atoms with Crippen molar-refractivity contribution < 1.29 is 0 Å². The summed E-state index contributed by atoms with van der Waals surface area (Å²) in [6.07, 6.45) is 32.7. The largest absolute Gasteiger partial charge is 0.375 e. The molecule has 224 valence electrons. The van der Waals surface area contributed by atoms with E-state index in [1.165, 1.54) is 56.2 Å². The standard InChI is InChI=1S/C42H46N2/c1-3-43(4-2)37-29-25-35(26-30-37)41(33-17-9-5-10-18-33)42(34-19-11-6-12-20-34)36-27-31-40(32-28-36)44(38-21-13-7-14-22-38)39-23-15-8-16-24-39/h7-9,11,13-25,27,29,31H,3-6,10,12,26,28,30,32H2,1-2H3. The Labute approximate surface area is 265 Å². The maximum atomic E-state index is 2.50. The summed E-state index contributed by atoms with van der Waals surface area (Å²) in [6, 6.07) is 21.6. The van der Waals surface area contributed by atoms with Crippen LogP contribution in [0.1, 0.15) is 65.2 Å². The minimum absolute atomic E-state index is 0.989. The normalized spacial score (nSPS) is 18.7. The van der Waals surface area contributed by atoms with Gasteiger partial charge in [0.15, 0.2) is 0 Å². The molecule has 2 aromatic carbocycles. The van der Waals surface area contributed by atoms with Gasteiger partial charge in [0.05, 0.1) is 0 Å². The maximum Gasteiger partial charge on any atom is 0.0458 e. The Morgan fingerprint density at radius 1 is 0.545 bits per heavy atom. The molecular formula is C42H46N2. The molecule has 2 aromatic rings. The highest BCUT2D eigenvalue weighted by atomic mass is 15.1. The molecule has 4 aliphatic carbocycles. The van der Waals surface area contributed by atoms with Gasteiger partial charge in [-0.3, -0.25) is 0 Å². The molecule has 0 atom stereocenters. The number of rotatable bonds is 10. The van der Waals surface area contributed by atoms with Crippen LogP contribution in [0.3, 0.4) is 0 Å². The van der Waals surface area contributed by atoms with Crippen molar-refractivity contribution in [2.45, 2.75) is 65.2 Å². The van der Waals surface area contributed by atoms with Gasteiger partial charge < -0.3 is 9.80 Å². The van der Waals surface area contributed by atoms with Crippen LogP contribution in [0.4, 0.5) is 11.4 Å². The zero-order valence-corrected chi connectivity index (χ0v) is 26.5. The molecule has 0 amide bonds. The second-order valence-corrected chi connectivity index (χ2v) is 11.9. The molecular weight excluding hydrogens is 532 g/mol. The van der Waals surface area contributed by atoms with E-state index in [1.807, 2.05) is 0 Å². The lowest BCUT2D eigenvalue weighted by Crippen LogP contribution is -2.23. The molecule has 0 saturated carbocycles. The van der Waals surface area contributed by atoms with Gasteiger partial charge in [-0.1, -0.05) is 85.0 Å². The fourth-order valence-corrected chi connectivity index (χ4v) is 6.96. The summed E-state index contributed by atoms with van der Waals surface area (Å²) in [5.41, 5.74) is 13.8. The van der Waals surface area contributed by atoms with Crippen molar-refractivity contribution in [2.24, 2.45) is 0 Å². The Bertz CT molecular complexity index is 1560. The molecule has 0 radical (unpaired) electrons. The molecule has 6 rings (SSSR count). The molecule has 0 fully saturated rings. The quantitative estimate of drug-likeness (QED) is 0.277. The smallest absolute Gasteiger partial charge is 0.0458 e. The Hall–Kier alpha value is -4.30. The van der Waals surface area contributed by atoms with Crippen molar-refractivity contribution in [2.75, 3.05) is 18.0 Å². The van der Waals surface area contributed by atoms with E-state index in [2.05, 4.69) is 145 Å². The van der Waals surface area contributed by atoms with Crippen LogP contribution in [-0.2, 0) is 0 Å². The summed E-state index contributed by atoms with van der Waals surface area (Å²) in [7, 11) is 0. The van der Waals surface area contributed by atoms with Gasteiger partial charge in [0.1, 0.15) is 0 Å². The monoisotopic (exact) mass is 578 g/mol. The third-order valence-electron chi connectivity index (χ3n) is 9.20. The highest BCUT2D eigenvalue weighted by molar-refractivity contribution is 5.71. The SMILES string of the molecule is CCN(CC)C1=CC=C(C(C2=CCCC=C2)=C(C2=CCCC=C2)C2=CC=C(N(c3ccccc3)c3ccccc3)CC2)CC1. The van der Waals surface area contributed by atoms with Crippen LogP contribution >= 0.6 is 0 Å². The van der Waals surface area contributed by atoms with E-state index in [0.29, 0.717) is 0 Å². The maximum absolute atomic E-state index is 2.50. The van der Waals surface area contributed by atoms with E-state index >= 15 is 0 Å². The fourth-order valence-electron chi connectivity index (χ4n) is 6.96. The number of para-hydroxylation sites is 2. The molecule has 44 heavy (non-hydrogen) atoms. The van der Waals surface area contributed by atoms with Crippen LogP contribution < -0.4 is 4.90 Å². The summed E-state index contributed by atoms with van der Waals surface area (Å²) in [5.74, 6) is 0. The summed E-state index contributed by atoms with van der Waals surface area (Å²) in [6.45, 7) is 6.66. The first-order valence-corrected chi connectivity index (χ1v) is 16.7. The number of allylic oxidation sites excluding steroid dienone is 18. The Balaban J connectivity index is 1.48. The molecule has 0 N–H and O–H groups in total. The number of anilines is 2. The molecule has 0 heterocycles. The van der Waals surface area contributed by atoms with Crippen LogP contribution in [-0.4, -0.2) is 18.0 Å². The molecule has 0 aromatic heterocycles. The van der Waals surface area contributed by atoms with Gasteiger partial charge in [0.2, 0.25) is 0 Å². The van der Waals surface area contributed by atoms with Crippen molar-refractivity contribution in [3.05, 3.63) is 166 Å². The van der Waals surface area contributed by atoms with Gasteiger partial charge in [0.25, 0.3) is 0 Å². The summed E-state index contributed by atoms with van der Waals surface area (Å²) >= 11 is 0. The average Bonchev–Trinajstić information content (AvgIpc) is 3.10. The lowest BCUT2D eigenvalue weighted by molar-refractivity contribution is 0.366. The van der Waals surface area contributed by atoms with E-state index in [9.17, 15) is 0 Å². The minimum Gasteiger partial charge on any atom is -0.375 e. The zero-order valence-electron chi connectivity index (χ0n) is 26.5. The van der Waals surface area contributed by atoms with Crippen LogP contribution in [0.25, 0.3) is 0 Å². The summed E-state index contributed by atoms with van der Waals surface area (Å²) in [5, 5.41) is 0. The predicted molar refractivity (Wildman–Crippen MR) is 189 cm³/mol. The number of hydrogen-bond donors (Lipinski definition) is 0. The second-order valence-electron chi connectivity index (χ2n) is 11.9. The van der Waals surface area contributed by atoms with Gasteiger partial charge in [0, 0.05) is 35.9 Å². The van der Waals surface area contributed by atoms with E-state index < -0.39 is 0 Å². The second kappa shape index (κ2) is 14.4. The van der Waals surface area contributed by atoms with Gasteiger partial charge in [-0.15, -0.1) is 0 Å². The topological polar surface area (TPSA) is 6.48 Å². The molecule has 0 bridgehead atoms. The molecule has 0 aliphatic heterocycles. The van der Waals surface area contributed by atoms with Crippen LogP contribution in [0, 0.1) is 0 Å². The molecule has 2 heteroatoms. The lowest BCUT2D eigenvalue weighted by Gasteiger charge is -2.32. The van der Waals surface area contributed by atoms with E-state index in [4.69, 9.17) is 0 Å². The number of nitrogens with zero attached hydrogens (tertiary/aromatic N) is 2. The number of hydrogen-bond acceptors (Lipinski definition) is 2. The van der Waals surface area contributed by atoms with E-state index in [-0.39, 0.29) is 0 Å². The summed E-state index contributed by atoms with van der Waals surface area (Å²) < 4.78 is 0. The molecule has 0 unspecified atom stereocenters. The third kappa shape index (κ3) is 6.60. The highest BCUT2D eigenvalue weighted by Crippen LogP contribution is 2.43. The number of benzene rings is 2. The summed E-state index contributed by atoms with van der Waals surface area (Å²) in [4.78, 5) is 4.93. The van der Waals surface area contributed by atoms with Crippen molar-refractivity contribution in [1.29, 1.82) is 0 Å². The van der Waals surface area contributed by atoms with Gasteiger partial charge in [-0.05, 0) is 135 Å². The molecule has 0 saturated heterocycles. The minimum atomic E-state index is 0.989. The molecule has 2 nitrogen and oxygen atoms in total. The van der Waals surface area contributed by atoms with Crippen LogP contribution in [0.2, 0.25) is 0 Å².